The maximum absolute atomic E-state index is 6.26. The molecule has 0 amide bonds. The van der Waals surface area contributed by atoms with E-state index in [4.69, 9.17) is 11.6 Å². The van der Waals surface area contributed by atoms with Crippen molar-refractivity contribution < 1.29 is 0 Å². The predicted molar refractivity (Wildman–Crippen MR) is 86.3 cm³/mol. The highest BCUT2D eigenvalue weighted by molar-refractivity contribution is 7.98. The van der Waals surface area contributed by atoms with Crippen LogP contribution in [0.1, 0.15) is 23.7 Å². The van der Waals surface area contributed by atoms with Gasteiger partial charge in [0.1, 0.15) is 5.15 Å². The highest BCUT2D eigenvalue weighted by Gasteiger charge is 2.11. The Morgan fingerprint density at radius 1 is 1.40 bits per heavy atom. The summed E-state index contributed by atoms with van der Waals surface area (Å²) in [6.45, 7) is 6.02. The van der Waals surface area contributed by atoms with Gasteiger partial charge in [-0.1, -0.05) is 30.7 Å². The number of benzene rings is 1. The largest absolute Gasteiger partial charge is 0.313 e. The van der Waals surface area contributed by atoms with Crippen molar-refractivity contribution in [1.82, 2.24) is 15.1 Å². The normalized spacial score (nSPS) is 11.0. The van der Waals surface area contributed by atoms with E-state index in [9.17, 15) is 0 Å². The van der Waals surface area contributed by atoms with Crippen molar-refractivity contribution >= 4 is 23.4 Å². The van der Waals surface area contributed by atoms with E-state index < -0.39 is 0 Å². The zero-order chi connectivity index (χ0) is 14.5. The Bertz CT molecular complexity index is 580. The van der Waals surface area contributed by atoms with Gasteiger partial charge in [-0.3, -0.25) is 4.68 Å². The second-order valence-electron chi connectivity index (χ2n) is 4.69. The van der Waals surface area contributed by atoms with E-state index in [2.05, 4.69) is 41.6 Å². The van der Waals surface area contributed by atoms with Crippen molar-refractivity contribution in [2.24, 2.45) is 7.05 Å². The molecule has 0 aliphatic carbocycles. The lowest BCUT2D eigenvalue weighted by Gasteiger charge is -2.06. The topological polar surface area (TPSA) is 29.9 Å². The molecule has 2 rings (SSSR count). The molecule has 108 valence electrons. The summed E-state index contributed by atoms with van der Waals surface area (Å²) >= 11 is 8.05. The van der Waals surface area contributed by atoms with Crippen LogP contribution in [-0.2, 0) is 19.3 Å². The molecule has 0 fully saturated rings. The molecule has 0 saturated heterocycles. The van der Waals surface area contributed by atoms with Gasteiger partial charge in [-0.25, -0.2) is 0 Å². The van der Waals surface area contributed by atoms with E-state index in [1.54, 1.807) is 16.4 Å². The molecule has 0 saturated carbocycles. The van der Waals surface area contributed by atoms with Crippen molar-refractivity contribution in [3.8, 4) is 0 Å². The fraction of sp³-hybridized carbons (Fsp3) is 0.400. The Morgan fingerprint density at radius 3 is 2.85 bits per heavy atom. The minimum Gasteiger partial charge on any atom is -0.313 e. The number of halogens is 1. The van der Waals surface area contributed by atoms with Gasteiger partial charge in [-0.15, -0.1) is 11.8 Å². The van der Waals surface area contributed by atoms with Gasteiger partial charge in [0, 0.05) is 29.8 Å². The average molecular weight is 310 g/mol. The minimum absolute atomic E-state index is 0.735. The third kappa shape index (κ3) is 3.78. The molecule has 0 aliphatic heterocycles. The van der Waals surface area contributed by atoms with Gasteiger partial charge < -0.3 is 5.32 Å². The molecule has 0 spiro atoms. The number of thioether (sulfide) groups is 1. The molecule has 1 aromatic carbocycles. The second-order valence-corrected chi connectivity index (χ2v) is 6.10. The Morgan fingerprint density at radius 2 is 2.20 bits per heavy atom. The van der Waals surface area contributed by atoms with E-state index in [1.165, 1.54) is 10.5 Å². The maximum atomic E-state index is 6.26. The van der Waals surface area contributed by atoms with Gasteiger partial charge in [-0.2, -0.15) is 5.10 Å². The molecule has 1 heterocycles. The fourth-order valence-corrected chi connectivity index (χ4v) is 3.39. The van der Waals surface area contributed by atoms with Crippen LogP contribution in [-0.4, -0.2) is 16.3 Å². The minimum atomic E-state index is 0.735. The van der Waals surface area contributed by atoms with Gasteiger partial charge >= 0.3 is 0 Å². The highest BCUT2D eigenvalue weighted by Crippen LogP contribution is 2.28. The standard InChI is InChI=1S/C15H20ClN3S/c1-4-17-9-12-6-5-7-13(8-12)20-10-14-11(2)18-19(3)15(14)16/h5-8,17H,4,9-10H2,1-3H3. The van der Waals surface area contributed by atoms with Crippen LogP contribution in [0.4, 0.5) is 0 Å². The molecule has 0 radical (unpaired) electrons. The molecule has 3 nitrogen and oxygen atoms in total. The summed E-state index contributed by atoms with van der Waals surface area (Å²) in [6, 6.07) is 8.62. The van der Waals surface area contributed by atoms with E-state index in [0.717, 1.165) is 35.3 Å². The SMILES string of the molecule is CCNCc1cccc(SCc2c(C)nn(C)c2Cl)c1. The zero-order valence-electron chi connectivity index (χ0n) is 12.1. The van der Waals surface area contributed by atoms with E-state index >= 15 is 0 Å². The lowest BCUT2D eigenvalue weighted by molar-refractivity contribution is 0.725. The number of nitrogens with zero attached hydrogens (tertiary/aromatic N) is 2. The first-order valence-corrected chi connectivity index (χ1v) is 8.08. The Hall–Kier alpha value is -0.970. The van der Waals surface area contributed by atoms with Gasteiger partial charge in [0.05, 0.1) is 5.69 Å². The van der Waals surface area contributed by atoms with Crippen LogP contribution >= 0.6 is 23.4 Å². The van der Waals surface area contributed by atoms with Crippen molar-refractivity contribution in [2.75, 3.05) is 6.54 Å². The molecule has 20 heavy (non-hydrogen) atoms. The molecule has 2 aromatic rings. The Labute approximate surface area is 129 Å². The van der Waals surface area contributed by atoms with Crippen LogP contribution in [0.15, 0.2) is 29.2 Å². The predicted octanol–water partition coefficient (Wildman–Crippen LogP) is 3.78. The third-order valence-corrected chi connectivity index (χ3v) is 4.62. The number of hydrogen-bond donors (Lipinski definition) is 1. The van der Waals surface area contributed by atoms with E-state index in [0.29, 0.717) is 0 Å². The first-order valence-electron chi connectivity index (χ1n) is 6.72. The molecule has 1 N–H and O–H groups in total. The zero-order valence-corrected chi connectivity index (χ0v) is 13.7. The van der Waals surface area contributed by atoms with E-state index in [1.807, 2.05) is 14.0 Å². The molecule has 1 aromatic heterocycles. The summed E-state index contributed by atoms with van der Waals surface area (Å²) in [5, 5.41) is 8.42. The quantitative estimate of drug-likeness (QED) is 0.824. The summed E-state index contributed by atoms with van der Waals surface area (Å²) in [7, 11) is 1.88. The lowest BCUT2D eigenvalue weighted by atomic mass is 10.2. The summed E-state index contributed by atoms with van der Waals surface area (Å²) in [5.41, 5.74) is 3.44. The van der Waals surface area contributed by atoms with Crippen LogP contribution in [0.3, 0.4) is 0 Å². The smallest absolute Gasteiger partial charge is 0.131 e. The van der Waals surface area contributed by atoms with Gasteiger partial charge in [0.2, 0.25) is 0 Å². The molecule has 0 atom stereocenters. The van der Waals surface area contributed by atoms with Gasteiger partial charge in [0.15, 0.2) is 0 Å². The average Bonchev–Trinajstić information content (AvgIpc) is 2.68. The van der Waals surface area contributed by atoms with Crippen molar-refractivity contribution in [3.05, 3.63) is 46.2 Å². The van der Waals surface area contributed by atoms with Crippen LogP contribution in [0.25, 0.3) is 0 Å². The number of aryl methyl sites for hydroxylation is 2. The number of nitrogens with one attached hydrogen (secondary N) is 1. The number of hydrogen-bond acceptors (Lipinski definition) is 3. The summed E-state index contributed by atoms with van der Waals surface area (Å²) < 4.78 is 1.73. The van der Waals surface area contributed by atoms with Crippen molar-refractivity contribution in [1.29, 1.82) is 0 Å². The van der Waals surface area contributed by atoms with Crippen molar-refractivity contribution in [3.63, 3.8) is 0 Å². The van der Waals surface area contributed by atoms with Gasteiger partial charge in [0.25, 0.3) is 0 Å². The molecule has 0 aliphatic rings. The first-order chi connectivity index (χ1) is 9.61. The Balaban J connectivity index is 2.03. The molecular formula is C15H20ClN3S. The lowest BCUT2D eigenvalue weighted by Crippen LogP contribution is -2.11. The fourth-order valence-electron chi connectivity index (χ4n) is 2.01. The monoisotopic (exact) mass is 309 g/mol. The highest BCUT2D eigenvalue weighted by atomic mass is 35.5. The van der Waals surface area contributed by atoms with Crippen LogP contribution < -0.4 is 5.32 Å². The summed E-state index contributed by atoms with van der Waals surface area (Å²) in [5.74, 6) is 0.850. The summed E-state index contributed by atoms with van der Waals surface area (Å²) in [6.07, 6.45) is 0. The van der Waals surface area contributed by atoms with Crippen LogP contribution in [0.2, 0.25) is 5.15 Å². The third-order valence-electron chi connectivity index (χ3n) is 3.13. The van der Waals surface area contributed by atoms with E-state index in [-0.39, 0.29) is 0 Å². The maximum Gasteiger partial charge on any atom is 0.131 e. The Kier molecular flexibility index (Phi) is 5.52. The molecule has 0 bridgehead atoms. The van der Waals surface area contributed by atoms with Crippen LogP contribution in [0, 0.1) is 6.92 Å². The van der Waals surface area contributed by atoms with Gasteiger partial charge in [-0.05, 0) is 31.2 Å². The summed E-state index contributed by atoms with van der Waals surface area (Å²) in [4.78, 5) is 1.26. The van der Waals surface area contributed by atoms with Crippen molar-refractivity contribution in [2.45, 2.75) is 31.0 Å². The number of rotatable bonds is 6. The molecular weight excluding hydrogens is 290 g/mol. The first kappa shape index (κ1) is 15.4. The van der Waals surface area contributed by atoms with Crippen LogP contribution in [0.5, 0.6) is 0 Å². The second kappa shape index (κ2) is 7.16. The molecule has 0 unspecified atom stereocenters. The number of aromatic nitrogens is 2. The molecule has 5 heteroatoms.